The summed E-state index contributed by atoms with van der Waals surface area (Å²) >= 11 is 1.49. The van der Waals surface area contributed by atoms with Crippen LogP contribution < -0.4 is 5.32 Å². The van der Waals surface area contributed by atoms with Crippen LogP contribution in [0.2, 0.25) is 0 Å². The lowest BCUT2D eigenvalue weighted by Crippen LogP contribution is -2.26. The van der Waals surface area contributed by atoms with Crippen LogP contribution in [0.4, 0.5) is 5.00 Å². The number of esters is 1. The van der Waals surface area contributed by atoms with Crippen molar-refractivity contribution >= 4 is 28.2 Å². The Bertz CT molecular complexity index is 1040. The Morgan fingerprint density at radius 2 is 1.69 bits per heavy atom. The highest BCUT2D eigenvalue weighted by Crippen LogP contribution is 2.38. The van der Waals surface area contributed by atoms with Crippen LogP contribution in [0.1, 0.15) is 51.2 Å². The van der Waals surface area contributed by atoms with Crippen LogP contribution in [-0.2, 0) is 22.5 Å². The molecule has 166 valence electrons. The number of rotatable bonds is 7. The third-order valence-corrected chi connectivity index (χ3v) is 6.91. The van der Waals surface area contributed by atoms with E-state index in [2.05, 4.69) is 41.5 Å². The van der Waals surface area contributed by atoms with Gasteiger partial charge in [0.2, 0.25) is 5.91 Å². The zero-order chi connectivity index (χ0) is 22.5. The summed E-state index contributed by atoms with van der Waals surface area (Å²) in [5.74, 6) is -0.531. The third kappa shape index (κ3) is 4.92. The molecule has 0 saturated carbocycles. The molecule has 0 saturated heterocycles. The summed E-state index contributed by atoms with van der Waals surface area (Å²) in [4.78, 5) is 29.3. The molecule has 6 heteroatoms. The standard InChI is InChI=1S/C26H28N2O3S/c1-3-31-26(30)24-20-14-15-28(2)17-22(20)32-25(24)27-23(29)16-21(18-10-6-4-7-11-18)19-12-8-5-9-13-19/h4-13,21H,3,14-17H2,1-2H3,(H,27,29). The average Bonchev–Trinajstić information content (AvgIpc) is 3.15. The van der Waals surface area contributed by atoms with Crippen molar-refractivity contribution in [1.29, 1.82) is 0 Å². The SMILES string of the molecule is CCOC(=O)c1c(NC(=O)CC(c2ccccc2)c2ccccc2)sc2c1CCN(C)C2. The Kier molecular flexibility index (Phi) is 7.02. The van der Waals surface area contributed by atoms with Gasteiger partial charge in [0, 0.05) is 30.3 Å². The van der Waals surface area contributed by atoms with Gasteiger partial charge in [-0.15, -0.1) is 11.3 Å². The van der Waals surface area contributed by atoms with Gasteiger partial charge in [0.05, 0.1) is 12.2 Å². The fraction of sp³-hybridized carbons (Fsp3) is 0.308. The predicted molar refractivity (Wildman–Crippen MR) is 128 cm³/mol. The second-order valence-corrected chi connectivity index (χ2v) is 9.15. The van der Waals surface area contributed by atoms with E-state index in [9.17, 15) is 9.59 Å². The first-order valence-corrected chi connectivity index (χ1v) is 11.8. The Morgan fingerprint density at radius 3 is 2.28 bits per heavy atom. The lowest BCUT2D eigenvalue weighted by molar-refractivity contribution is -0.116. The van der Waals surface area contributed by atoms with E-state index in [1.807, 2.05) is 36.4 Å². The molecule has 4 rings (SSSR count). The number of benzene rings is 2. The molecule has 1 aromatic heterocycles. The van der Waals surface area contributed by atoms with Crippen LogP contribution in [0, 0.1) is 0 Å². The van der Waals surface area contributed by atoms with Crippen LogP contribution >= 0.6 is 11.3 Å². The number of likely N-dealkylation sites (N-methyl/N-ethyl adjacent to an activating group) is 1. The van der Waals surface area contributed by atoms with Gasteiger partial charge in [0.1, 0.15) is 5.00 Å². The molecule has 1 aliphatic heterocycles. The second kappa shape index (κ2) is 10.1. The first-order chi connectivity index (χ1) is 15.6. The van der Waals surface area contributed by atoms with Gasteiger partial charge >= 0.3 is 5.97 Å². The van der Waals surface area contributed by atoms with Crippen LogP contribution in [0.3, 0.4) is 0 Å². The summed E-state index contributed by atoms with van der Waals surface area (Å²) < 4.78 is 5.32. The van der Waals surface area contributed by atoms with Crippen molar-refractivity contribution in [3.63, 3.8) is 0 Å². The lowest BCUT2D eigenvalue weighted by atomic mass is 9.88. The minimum Gasteiger partial charge on any atom is -0.462 e. The summed E-state index contributed by atoms with van der Waals surface area (Å²) in [5, 5.41) is 3.66. The summed E-state index contributed by atoms with van der Waals surface area (Å²) in [6, 6.07) is 20.1. The maximum atomic E-state index is 13.2. The van der Waals surface area contributed by atoms with Gasteiger partial charge in [0.25, 0.3) is 0 Å². The normalized spacial score (nSPS) is 13.6. The second-order valence-electron chi connectivity index (χ2n) is 8.04. The molecule has 1 amide bonds. The van der Waals surface area contributed by atoms with Crippen molar-refractivity contribution in [3.05, 3.63) is 87.8 Å². The quantitative estimate of drug-likeness (QED) is 0.513. The molecule has 3 aromatic rings. The minimum atomic E-state index is -0.354. The van der Waals surface area contributed by atoms with Gasteiger partial charge < -0.3 is 15.0 Å². The molecule has 5 nitrogen and oxygen atoms in total. The molecule has 32 heavy (non-hydrogen) atoms. The number of hydrogen-bond donors (Lipinski definition) is 1. The lowest BCUT2D eigenvalue weighted by Gasteiger charge is -2.22. The molecule has 2 heterocycles. The van der Waals surface area contributed by atoms with Crippen molar-refractivity contribution in [2.75, 3.05) is 25.5 Å². The molecule has 0 radical (unpaired) electrons. The molecule has 1 N–H and O–H groups in total. The van der Waals surface area contributed by atoms with Crippen LogP contribution in [0.15, 0.2) is 60.7 Å². The van der Waals surface area contributed by atoms with Crippen LogP contribution in [0.25, 0.3) is 0 Å². The number of amides is 1. The van der Waals surface area contributed by atoms with Crippen LogP contribution in [-0.4, -0.2) is 37.0 Å². The zero-order valence-corrected chi connectivity index (χ0v) is 19.3. The van der Waals surface area contributed by atoms with Gasteiger partial charge in [-0.1, -0.05) is 60.7 Å². The van der Waals surface area contributed by atoms with E-state index in [0.717, 1.165) is 41.1 Å². The van der Waals surface area contributed by atoms with E-state index >= 15 is 0 Å². The number of nitrogens with zero attached hydrogens (tertiary/aromatic N) is 1. The van der Waals surface area contributed by atoms with Crippen molar-refractivity contribution in [3.8, 4) is 0 Å². The van der Waals surface area contributed by atoms with E-state index in [-0.39, 0.29) is 17.8 Å². The number of carbonyl (C=O) groups is 2. The smallest absolute Gasteiger partial charge is 0.341 e. The number of hydrogen-bond acceptors (Lipinski definition) is 5. The molecule has 0 unspecified atom stereocenters. The summed E-state index contributed by atoms with van der Waals surface area (Å²) in [7, 11) is 2.06. The predicted octanol–water partition coefficient (Wildman–Crippen LogP) is 5.07. The minimum absolute atomic E-state index is 0.0656. The fourth-order valence-corrected chi connectivity index (χ4v) is 5.53. The monoisotopic (exact) mass is 448 g/mol. The number of fused-ring (bicyclic) bond motifs is 1. The first kappa shape index (κ1) is 22.2. The van der Waals surface area contributed by atoms with Gasteiger partial charge in [0.15, 0.2) is 0 Å². The molecule has 2 aromatic carbocycles. The highest BCUT2D eigenvalue weighted by molar-refractivity contribution is 7.17. The molecule has 0 spiro atoms. The van der Waals surface area contributed by atoms with E-state index in [4.69, 9.17) is 4.74 Å². The molecule has 0 atom stereocenters. The third-order valence-electron chi connectivity index (χ3n) is 5.77. The average molecular weight is 449 g/mol. The molecular weight excluding hydrogens is 420 g/mol. The number of ether oxygens (including phenoxy) is 1. The van der Waals surface area contributed by atoms with E-state index < -0.39 is 0 Å². The number of nitrogens with one attached hydrogen (secondary N) is 1. The highest BCUT2D eigenvalue weighted by atomic mass is 32.1. The van der Waals surface area contributed by atoms with Gasteiger partial charge in [-0.3, -0.25) is 4.79 Å². The maximum absolute atomic E-state index is 13.2. The Hall–Kier alpha value is -2.96. The summed E-state index contributed by atoms with van der Waals surface area (Å²) in [6.45, 7) is 3.76. The molecule has 1 aliphatic rings. The Balaban J connectivity index is 1.61. The Labute approximate surface area is 193 Å². The summed E-state index contributed by atoms with van der Waals surface area (Å²) in [5.41, 5.74) is 3.73. The van der Waals surface area contributed by atoms with Crippen molar-refractivity contribution in [1.82, 2.24) is 4.90 Å². The summed E-state index contributed by atoms with van der Waals surface area (Å²) in [6.07, 6.45) is 1.07. The molecule has 0 fully saturated rings. The van der Waals surface area contributed by atoms with Crippen molar-refractivity contribution in [2.45, 2.75) is 32.2 Å². The molecule has 0 aliphatic carbocycles. The van der Waals surface area contributed by atoms with Gasteiger partial charge in [-0.2, -0.15) is 0 Å². The Morgan fingerprint density at radius 1 is 1.06 bits per heavy atom. The number of thiophene rings is 1. The number of carbonyl (C=O) groups excluding carboxylic acids is 2. The van der Waals surface area contributed by atoms with E-state index in [1.54, 1.807) is 6.92 Å². The van der Waals surface area contributed by atoms with Gasteiger partial charge in [-0.25, -0.2) is 4.79 Å². The van der Waals surface area contributed by atoms with E-state index in [1.165, 1.54) is 11.3 Å². The highest BCUT2D eigenvalue weighted by Gasteiger charge is 2.29. The maximum Gasteiger partial charge on any atom is 0.341 e. The van der Waals surface area contributed by atoms with Crippen molar-refractivity contribution in [2.24, 2.45) is 0 Å². The number of anilines is 1. The molecule has 0 bridgehead atoms. The van der Waals surface area contributed by atoms with Crippen LogP contribution in [0.5, 0.6) is 0 Å². The van der Waals surface area contributed by atoms with E-state index in [0.29, 0.717) is 23.6 Å². The largest absolute Gasteiger partial charge is 0.462 e. The fourth-order valence-electron chi connectivity index (χ4n) is 4.20. The van der Waals surface area contributed by atoms with Gasteiger partial charge in [-0.05, 0) is 37.1 Å². The van der Waals surface area contributed by atoms with Crippen molar-refractivity contribution < 1.29 is 14.3 Å². The molecular formula is C26H28N2O3S. The zero-order valence-electron chi connectivity index (χ0n) is 18.5. The first-order valence-electron chi connectivity index (χ1n) is 11.0. The topological polar surface area (TPSA) is 58.6 Å².